The van der Waals surface area contributed by atoms with Gasteiger partial charge in [-0.15, -0.1) is 0 Å². The maximum Gasteiger partial charge on any atom is 0.124 e. The summed E-state index contributed by atoms with van der Waals surface area (Å²) in [6.45, 7) is 2.02. The van der Waals surface area contributed by atoms with Crippen molar-refractivity contribution in [2.24, 2.45) is 0 Å². The van der Waals surface area contributed by atoms with Crippen molar-refractivity contribution in [3.05, 3.63) is 58.9 Å². The van der Waals surface area contributed by atoms with E-state index in [4.69, 9.17) is 16.3 Å². The van der Waals surface area contributed by atoms with Gasteiger partial charge in [-0.3, -0.25) is 0 Å². The highest BCUT2D eigenvalue weighted by molar-refractivity contribution is 6.33. The summed E-state index contributed by atoms with van der Waals surface area (Å²) in [5.74, 6) is 0.475. The Balaban J connectivity index is 2.13. The molecule has 0 spiro atoms. The van der Waals surface area contributed by atoms with Gasteiger partial charge in [0.2, 0.25) is 0 Å². The van der Waals surface area contributed by atoms with Crippen LogP contribution < -0.4 is 10.1 Å². The molecule has 0 radical (unpaired) electrons. The van der Waals surface area contributed by atoms with Gasteiger partial charge in [0, 0.05) is 6.04 Å². The lowest BCUT2D eigenvalue weighted by molar-refractivity contribution is 0.414. The first kappa shape index (κ1) is 13.7. The second-order valence-corrected chi connectivity index (χ2v) is 4.67. The Kier molecular flexibility index (Phi) is 4.27. The van der Waals surface area contributed by atoms with Gasteiger partial charge in [0.15, 0.2) is 0 Å². The highest BCUT2D eigenvalue weighted by Gasteiger charge is 2.08. The van der Waals surface area contributed by atoms with Crippen LogP contribution in [0.4, 0.5) is 10.1 Å². The van der Waals surface area contributed by atoms with Gasteiger partial charge in [0.05, 0.1) is 17.8 Å². The molecule has 0 aliphatic rings. The molecule has 0 aliphatic carbocycles. The molecule has 4 heteroatoms. The molecule has 0 amide bonds. The Morgan fingerprint density at radius 3 is 2.42 bits per heavy atom. The fourth-order valence-corrected chi connectivity index (χ4v) is 2.04. The zero-order chi connectivity index (χ0) is 13.8. The van der Waals surface area contributed by atoms with E-state index in [1.807, 2.05) is 31.2 Å². The zero-order valence-electron chi connectivity index (χ0n) is 10.8. The van der Waals surface area contributed by atoms with Gasteiger partial charge in [-0.1, -0.05) is 23.7 Å². The van der Waals surface area contributed by atoms with Gasteiger partial charge < -0.3 is 10.1 Å². The van der Waals surface area contributed by atoms with E-state index in [0.29, 0.717) is 10.7 Å². The highest BCUT2D eigenvalue weighted by Crippen LogP contribution is 2.27. The van der Waals surface area contributed by atoms with E-state index in [1.165, 1.54) is 12.1 Å². The maximum atomic E-state index is 13.0. The van der Waals surface area contributed by atoms with Crippen LogP contribution in [0.5, 0.6) is 5.75 Å². The van der Waals surface area contributed by atoms with Crippen LogP contribution in [0.3, 0.4) is 0 Å². The summed E-state index contributed by atoms with van der Waals surface area (Å²) in [6, 6.07) is 12.1. The third-order valence-electron chi connectivity index (χ3n) is 2.92. The standard InChI is InChI=1S/C15H15ClFNO/c1-10(11-3-6-13(19-2)7-4-11)18-15-8-5-12(17)9-14(15)16/h3-10,18H,1-2H3. The Labute approximate surface area is 117 Å². The van der Waals surface area contributed by atoms with Gasteiger partial charge in [-0.2, -0.15) is 0 Å². The lowest BCUT2D eigenvalue weighted by Gasteiger charge is -2.17. The third-order valence-corrected chi connectivity index (χ3v) is 3.23. The normalized spacial score (nSPS) is 12.0. The number of rotatable bonds is 4. The Bertz CT molecular complexity index is 557. The summed E-state index contributed by atoms with van der Waals surface area (Å²) in [7, 11) is 1.63. The minimum Gasteiger partial charge on any atom is -0.497 e. The minimum atomic E-state index is -0.340. The van der Waals surface area contributed by atoms with Crippen molar-refractivity contribution < 1.29 is 9.13 Å². The summed E-state index contributed by atoms with van der Waals surface area (Å²) >= 11 is 5.99. The molecule has 0 aromatic heterocycles. The Morgan fingerprint density at radius 2 is 1.84 bits per heavy atom. The molecule has 1 N–H and O–H groups in total. The van der Waals surface area contributed by atoms with Crippen LogP contribution in [0.2, 0.25) is 5.02 Å². The van der Waals surface area contributed by atoms with Gasteiger partial charge in [0.25, 0.3) is 0 Å². The van der Waals surface area contributed by atoms with Crippen LogP contribution >= 0.6 is 11.6 Å². The summed E-state index contributed by atoms with van der Waals surface area (Å²) in [6.07, 6.45) is 0. The lowest BCUT2D eigenvalue weighted by atomic mass is 10.1. The molecule has 0 aliphatic heterocycles. The van der Waals surface area contributed by atoms with Crippen molar-refractivity contribution in [3.8, 4) is 5.75 Å². The molecular formula is C15H15ClFNO. The fraction of sp³-hybridized carbons (Fsp3) is 0.200. The lowest BCUT2D eigenvalue weighted by Crippen LogP contribution is -2.07. The smallest absolute Gasteiger partial charge is 0.124 e. The molecule has 0 saturated heterocycles. The molecule has 1 unspecified atom stereocenters. The van der Waals surface area contributed by atoms with Gasteiger partial charge >= 0.3 is 0 Å². The number of anilines is 1. The molecule has 2 aromatic rings. The second-order valence-electron chi connectivity index (χ2n) is 4.26. The fourth-order valence-electron chi connectivity index (χ4n) is 1.82. The predicted octanol–water partition coefficient (Wildman–Crippen LogP) is 4.66. The monoisotopic (exact) mass is 279 g/mol. The van der Waals surface area contributed by atoms with Gasteiger partial charge in [0.1, 0.15) is 11.6 Å². The third kappa shape index (κ3) is 3.38. The molecule has 0 bridgehead atoms. The van der Waals surface area contributed by atoms with Crippen molar-refractivity contribution >= 4 is 17.3 Å². The second kappa shape index (κ2) is 5.93. The number of hydrogen-bond donors (Lipinski definition) is 1. The first-order valence-corrected chi connectivity index (χ1v) is 6.33. The molecule has 19 heavy (non-hydrogen) atoms. The maximum absolute atomic E-state index is 13.0. The molecule has 0 heterocycles. The number of benzene rings is 2. The van der Waals surface area contributed by atoms with Crippen LogP contribution in [0.15, 0.2) is 42.5 Å². The van der Waals surface area contributed by atoms with Crippen LogP contribution in [-0.2, 0) is 0 Å². The minimum absolute atomic E-state index is 0.0638. The zero-order valence-corrected chi connectivity index (χ0v) is 11.5. The van der Waals surface area contributed by atoms with E-state index in [9.17, 15) is 4.39 Å². The summed E-state index contributed by atoms with van der Waals surface area (Å²) < 4.78 is 18.1. The summed E-state index contributed by atoms with van der Waals surface area (Å²) in [4.78, 5) is 0. The van der Waals surface area contributed by atoms with Crippen molar-refractivity contribution in [2.75, 3.05) is 12.4 Å². The van der Waals surface area contributed by atoms with E-state index in [-0.39, 0.29) is 11.9 Å². The Hall–Kier alpha value is -1.74. The average molecular weight is 280 g/mol. The summed E-state index contributed by atoms with van der Waals surface area (Å²) in [5, 5.41) is 3.63. The van der Waals surface area contributed by atoms with Crippen LogP contribution in [0, 0.1) is 5.82 Å². The van der Waals surface area contributed by atoms with Crippen molar-refractivity contribution in [1.82, 2.24) is 0 Å². The molecule has 100 valence electrons. The van der Waals surface area contributed by atoms with Crippen molar-refractivity contribution in [3.63, 3.8) is 0 Å². The topological polar surface area (TPSA) is 21.3 Å². The van der Waals surface area contributed by atoms with Gasteiger partial charge in [-0.25, -0.2) is 4.39 Å². The number of halogens is 2. The Morgan fingerprint density at radius 1 is 1.16 bits per heavy atom. The SMILES string of the molecule is COc1ccc(C(C)Nc2ccc(F)cc2Cl)cc1. The molecule has 1 atom stereocenters. The van der Waals surface area contributed by atoms with Crippen LogP contribution in [0.1, 0.15) is 18.5 Å². The van der Waals surface area contributed by atoms with Gasteiger partial charge in [-0.05, 0) is 42.8 Å². The van der Waals surface area contributed by atoms with E-state index >= 15 is 0 Å². The van der Waals surface area contributed by atoms with Crippen LogP contribution in [0.25, 0.3) is 0 Å². The molecule has 0 fully saturated rings. The highest BCUT2D eigenvalue weighted by atomic mass is 35.5. The number of hydrogen-bond acceptors (Lipinski definition) is 2. The molecule has 2 nitrogen and oxygen atoms in total. The number of nitrogens with one attached hydrogen (secondary N) is 1. The quantitative estimate of drug-likeness (QED) is 0.879. The molecular weight excluding hydrogens is 265 g/mol. The van der Waals surface area contributed by atoms with E-state index in [0.717, 1.165) is 11.3 Å². The van der Waals surface area contributed by atoms with E-state index in [1.54, 1.807) is 13.2 Å². The van der Waals surface area contributed by atoms with E-state index in [2.05, 4.69) is 5.32 Å². The first-order chi connectivity index (χ1) is 9.10. The van der Waals surface area contributed by atoms with Crippen LogP contribution in [-0.4, -0.2) is 7.11 Å². The molecule has 2 rings (SSSR count). The number of ether oxygens (including phenoxy) is 1. The molecule has 0 saturated carbocycles. The predicted molar refractivity (Wildman–Crippen MR) is 76.4 cm³/mol. The van der Waals surface area contributed by atoms with Crippen molar-refractivity contribution in [2.45, 2.75) is 13.0 Å². The summed E-state index contributed by atoms with van der Waals surface area (Å²) in [5.41, 5.74) is 1.81. The first-order valence-electron chi connectivity index (χ1n) is 5.95. The number of methoxy groups -OCH3 is 1. The van der Waals surface area contributed by atoms with E-state index < -0.39 is 0 Å². The molecule has 2 aromatic carbocycles. The average Bonchev–Trinajstić information content (AvgIpc) is 2.42. The van der Waals surface area contributed by atoms with Crippen molar-refractivity contribution in [1.29, 1.82) is 0 Å². The largest absolute Gasteiger partial charge is 0.497 e.